The normalized spacial score (nSPS) is 11.5. The van der Waals surface area contributed by atoms with Crippen LogP contribution < -0.4 is 10.6 Å². The molecule has 1 atom stereocenters. The second-order valence-electron chi connectivity index (χ2n) is 5.47. The molecule has 0 aliphatic heterocycles. The molecule has 0 fully saturated rings. The van der Waals surface area contributed by atoms with Crippen LogP contribution in [0.15, 0.2) is 18.2 Å². The number of rotatable bonds is 7. The lowest BCUT2D eigenvalue weighted by Gasteiger charge is -2.14. The third kappa shape index (κ3) is 6.10. The molecule has 6 heteroatoms. The summed E-state index contributed by atoms with van der Waals surface area (Å²) >= 11 is 0. The Kier molecular flexibility index (Phi) is 7.25. The zero-order valence-electron chi connectivity index (χ0n) is 14.1. The fourth-order valence-electron chi connectivity index (χ4n) is 2.00. The van der Waals surface area contributed by atoms with Gasteiger partial charge in [0.15, 0.2) is 6.61 Å². The molecule has 2 N–H and O–H groups in total. The molecule has 1 aromatic carbocycles. The van der Waals surface area contributed by atoms with Crippen molar-refractivity contribution in [2.45, 2.75) is 40.2 Å². The maximum Gasteiger partial charge on any atom is 0.338 e. The largest absolute Gasteiger partial charge is 0.452 e. The van der Waals surface area contributed by atoms with Gasteiger partial charge in [0, 0.05) is 6.54 Å². The predicted molar refractivity (Wildman–Crippen MR) is 87.1 cm³/mol. The molecule has 0 radical (unpaired) electrons. The Morgan fingerprint density at radius 2 is 1.91 bits per heavy atom. The molecule has 23 heavy (non-hydrogen) atoms. The SMILES string of the molecule is CCCNC(=O)[C@@H](C)NC(=O)COC(=O)c1ccc(C)cc1C. The second-order valence-corrected chi connectivity index (χ2v) is 5.47. The minimum absolute atomic E-state index is 0.263. The maximum absolute atomic E-state index is 12.0. The summed E-state index contributed by atoms with van der Waals surface area (Å²) in [5, 5.41) is 5.17. The van der Waals surface area contributed by atoms with Gasteiger partial charge in [0.1, 0.15) is 6.04 Å². The first-order valence-electron chi connectivity index (χ1n) is 7.66. The monoisotopic (exact) mass is 320 g/mol. The first kappa shape index (κ1) is 18.7. The van der Waals surface area contributed by atoms with Crippen LogP contribution in [0.25, 0.3) is 0 Å². The summed E-state index contributed by atoms with van der Waals surface area (Å²) in [5.74, 6) is -1.33. The molecule has 2 amide bonds. The van der Waals surface area contributed by atoms with E-state index in [1.54, 1.807) is 13.0 Å². The number of hydrogen-bond acceptors (Lipinski definition) is 4. The Morgan fingerprint density at radius 3 is 2.52 bits per heavy atom. The van der Waals surface area contributed by atoms with Crippen LogP contribution in [0.5, 0.6) is 0 Å². The highest BCUT2D eigenvalue weighted by molar-refractivity contribution is 5.93. The van der Waals surface area contributed by atoms with E-state index in [1.807, 2.05) is 32.9 Å². The summed E-state index contributed by atoms with van der Waals surface area (Å²) in [4.78, 5) is 35.3. The number of aryl methyl sites for hydroxylation is 2. The number of nitrogens with one attached hydrogen (secondary N) is 2. The van der Waals surface area contributed by atoms with Crippen molar-refractivity contribution in [3.63, 3.8) is 0 Å². The molecule has 126 valence electrons. The van der Waals surface area contributed by atoms with Crippen LogP contribution in [0.1, 0.15) is 41.8 Å². The van der Waals surface area contributed by atoms with E-state index in [-0.39, 0.29) is 5.91 Å². The molecule has 0 aliphatic carbocycles. The minimum atomic E-state index is -0.672. The van der Waals surface area contributed by atoms with Gasteiger partial charge in [-0.1, -0.05) is 24.6 Å². The lowest BCUT2D eigenvalue weighted by atomic mass is 10.1. The molecular formula is C17H24N2O4. The van der Waals surface area contributed by atoms with Gasteiger partial charge >= 0.3 is 5.97 Å². The summed E-state index contributed by atoms with van der Waals surface area (Å²) in [6.07, 6.45) is 0.819. The van der Waals surface area contributed by atoms with E-state index < -0.39 is 24.5 Å². The van der Waals surface area contributed by atoms with Gasteiger partial charge in [0.2, 0.25) is 5.91 Å². The molecule has 0 aromatic heterocycles. The third-order valence-electron chi connectivity index (χ3n) is 3.26. The highest BCUT2D eigenvalue weighted by atomic mass is 16.5. The highest BCUT2D eigenvalue weighted by Crippen LogP contribution is 2.11. The maximum atomic E-state index is 12.0. The van der Waals surface area contributed by atoms with Gasteiger partial charge in [-0.2, -0.15) is 0 Å². The van der Waals surface area contributed by atoms with E-state index in [1.165, 1.54) is 0 Å². The van der Waals surface area contributed by atoms with Crippen LogP contribution in [-0.2, 0) is 14.3 Å². The molecule has 0 unspecified atom stereocenters. The van der Waals surface area contributed by atoms with Crippen molar-refractivity contribution < 1.29 is 19.1 Å². The van der Waals surface area contributed by atoms with Crippen molar-refractivity contribution >= 4 is 17.8 Å². The number of carbonyl (C=O) groups excluding carboxylic acids is 3. The summed E-state index contributed by atoms with van der Waals surface area (Å²) in [5.41, 5.74) is 2.27. The van der Waals surface area contributed by atoms with E-state index in [9.17, 15) is 14.4 Å². The van der Waals surface area contributed by atoms with Crippen molar-refractivity contribution in [1.29, 1.82) is 0 Å². The zero-order valence-corrected chi connectivity index (χ0v) is 14.1. The molecule has 0 bridgehead atoms. The fraction of sp³-hybridized carbons (Fsp3) is 0.471. The number of hydrogen-bond donors (Lipinski definition) is 2. The van der Waals surface area contributed by atoms with Gasteiger partial charge in [0.05, 0.1) is 5.56 Å². The van der Waals surface area contributed by atoms with Crippen LogP contribution in [0.2, 0.25) is 0 Å². The smallest absolute Gasteiger partial charge is 0.338 e. The quantitative estimate of drug-likeness (QED) is 0.746. The van der Waals surface area contributed by atoms with E-state index in [4.69, 9.17) is 4.74 Å². The summed E-state index contributed by atoms with van der Waals surface area (Å²) in [6.45, 7) is 7.40. The van der Waals surface area contributed by atoms with E-state index in [2.05, 4.69) is 10.6 Å². The Balaban J connectivity index is 2.46. The molecule has 6 nitrogen and oxygen atoms in total. The van der Waals surface area contributed by atoms with Gasteiger partial charge in [-0.25, -0.2) is 4.79 Å². The number of amides is 2. The molecular weight excluding hydrogens is 296 g/mol. The van der Waals surface area contributed by atoms with Crippen LogP contribution in [0.3, 0.4) is 0 Å². The number of benzene rings is 1. The Labute approximate surface area is 136 Å². The van der Waals surface area contributed by atoms with Crippen LogP contribution in [0.4, 0.5) is 0 Å². The lowest BCUT2D eigenvalue weighted by molar-refractivity contribution is -0.130. The van der Waals surface area contributed by atoms with Crippen LogP contribution in [0, 0.1) is 13.8 Å². The Morgan fingerprint density at radius 1 is 1.22 bits per heavy atom. The van der Waals surface area contributed by atoms with E-state index in [0.29, 0.717) is 12.1 Å². The van der Waals surface area contributed by atoms with Gasteiger partial charge in [0.25, 0.3) is 5.91 Å². The van der Waals surface area contributed by atoms with Crippen LogP contribution >= 0.6 is 0 Å². The zero-order chi connectivity index (χ0) is 17.4. The number of esters is 1. The van der Waals surface area contributed by atoms with Gasteiger partial charge in [-0.3, -0.25) is 9.59 Å². The van der Waals surface area contributed by atoms with Gasteiger partial charge < -0.3 is 15.4 Å². The third-order valence-corrected chi connectivity index (χ3v) is 3.26. The van der Waals surface area contributed by atoms with E-state index in [0.717, 1.165) is 17.5 Å². The fourth-order valence-corrected chi connectivity index (χ4v) is 2.00. The average Bonchev–Trinajstić information content (AvgIpc) is 2.50. The van der Waals surface area contributed by atoms with Gasteiger partial charge in [-0.05, 0) is 38.8 Å². The lowest BCUT2D eigenvalue weighted by Crippen LogP contribution is -2.46. The minimum Gasteiger partial charge on any atom is -0.452 e. The van der Waals surface area contributed by atoms with Crippen LogP contribution in [-0.4, -0.2) is 37.0 Å². The molecule has 1 aromatic rings. The Hall–Kier alpha value is -2.37. The predicted octanol–water partition coefficient (Wildman–Crippen LogP) is 1.49. The molecule has 0 saturated carbocycles. The summed E-state index contributed by atoms with van der Waals surface area (Å²) < 4.78 is 4.99. The highest BCUT2D eigenvalue weighted by Gasteiger charge is 2.17. The molecule has 0 spiro atoms. The van der Waals surface area contributed by atoms with Crippen molar-refractivity contribution in [3.8, 4) is 0 Å². The Bertz CT molecular complexity index is 584. The molecule has 0 aliphatic rings. The number of carbonyl (C=O) groups is 3. The van der Waals surface area contributed by atoms with Crippen molar-refractivity contribution in [1.82, 2.24) is 10.6 Å². The molecule has 0 heterocycles. The summed E-state index contributed by atoms with van der Waals surface area (Å²) in [6, 6.07) is 4.68. The topological polar surface area (TPSA) is 84.5 Å². The van der Waals surface area contributed by atoms with Crippen molar-refractivity contribution in [2.24, 2.45) is 0 Å². The first-order valence-corrected chi connectivity index (χ1v) is 7.66. The van der Waals surface area contributed by atoms with Crippen molar-refractivity contribution in [3.05, 3.63) is 34.9 Å². The summed E-state index contributed by atoms with van der Waals surface area (Å²) in [7, 11) is 0. The average molecular weight is 320 g/mol. The van der Waals surface area contributed by atoms with Gasteiger partial charge in [-0.15, -0.1) is 0 Å². The van der Waals surface area contributed by atoms with Crippen molar-refractivity contribution in [2.75, 3.05) is 13.2 Å². The standard InChI is InChI=1S/C17H24N2O4/c1-5-8-18-16(21)13(4)19-15(20)10-23-17(22)14-7-6-11(2)9-12(14)3/h6-7,9,13H,5,8,10H2,1-4H3,(H,18,21)(H,19,20)/t13-/m1/s1. The van der Waals surface area contributed by atoms with E-state index >= 15 is 0 Å². The second kappa shape index (κ2) is 8.92. The molecule has 0 saturated heterocycles. The first-order chi connectivity index (χ1) is 10.8. The number of ether oxygens (including phenoxy) is 1. The molecule has 1 rings (SSSR count).